The van der Waals surface area contributed by atoms with Gasteiger partial charge in [-0.15, -0.1) is 0 Å². The second kappa shape index (κ2) is 8.01. The van der Waals surface area contributed by atoms with E-state index in [4.69, 9.17) is 22.1 Å². The average Bonchev–Trinajstić information content (AvgIpc) is 2.61. The summed E-state index contributed by atoms with van der Waals surface area (Å²) in [5, 5.41) is 0.457. The molecular weight excluding hydrogens is 344 g/mol. The number of halogens is 1. The van der Waals surface area contributed by atoms with E-state index in [1.165, 1.54) is 0 Å². The Hall–Kier alpha value is -1.86. The van der Waals surface area contributed by atoms with Crippen molar-refractivity contribution in [3.8, 4) is 0 Å². The van der Waals surface area contributed by atoms with Gasteiger partial charge < -0.3 is 20.3 Å². The number of rotatable bonds is 4. The normalized spacial score (nSPS) is 21.2. The number of primary amides is 1. The first kappa shape index (κ1) is 17.9. The Bertz CT molecular complexity index is 649. The van der Waals surface area contributed by atoms with Crippen molar-refractivity contribution < 1.29 is 14.3 Å². The van der Waals surface area contributed by atoms with Crippen LogP contribution in [0.15, 0.2) is 12.3 Å². The van der Waals surface area contributed by atoms with Gasteiger partial charge in [-0.2, -0.15) is 0 Å². The first-order chi connectivity index (χ1) is 12.0. The van der Waals surface area contributed by atoms with Crippen LogP contribution in [0.2, 0.25) is 5.02 Å². The van der Waals surface area contributed by atoms with E-state index >= 15 is 0 Å². The molecule has 1 aromatic rings. The van der Waals surface area contributed by atoms with Gasteiger partial charge >= 0.3 is 0 Å². The van der Waals surface area contributed by atoms with E-state index in [1.54, 1.807) is 17.2 Å². The van der Waals surface area contributed by atoms with Crippen LogP contribution in [0.3, 0.4) is 0 Å². The Morgan fingerprint density at radius 2 is 2.08 bits per heavy atom. The molecule has 2 saturated heterocycles. The van der Waals surface area contributed by atoms with Crippen molar-refractivity contribution in [2.75, 3.05) is 44.3 Å². The number of anilines is 1. The molecule has 2 amide bonds. The summed E-state index contributed by atoms with van der Waals surface area (Å²) in [5.41, 5.74) is 5.80. The van der Waals surface area contributed by atoms with E-state index in [0.717, 1.165) is 19.4 Å². The molecule has 2 fully saturated rings. The van der Waals surface area contributed by atoms with Gasteiger partial charge in [0.05, 0.1) is 23.8 Å². The SMILES string of the molecule is NC(=O)CC1CCCN(c2ncc(C(=O)N3CCOCC3)cc2Cl)C1. The Balaban J connectivity index is 1.71. The Morgan fingerprint density at radius 1 is 1.32 bits per heavy atom. The molecule has 0 radical (unpaired) electrons. The second-order valence-corrected chi connectivity index (χ2v) is 6.97. The summed E-state index contributed by atoms with van der Waals surface area (Å²) in [4.78, 5) is 31.9. The molecule has 7 nitrogen and oxygen atoms in total. The average molecular weight is 367 g/mol. The summed E-state index contributed by atoms with van der Waals surface area (Å²) in [7, 11) is 0. The van der Waals surface area contributed by atoms with Gasteiger partial charge in [-0.1, -0.05) is 11.6 Å². The lowest BCUT2D eigenvalue weighted by atomic mass is 9.94. The van der Waals surface area contributed by atoms with Crippen LogP contribution in [0.1, 0.15) is 29.6 Å². The minimum Gasteiger partial charge on any atom is -0.378 e. The smallest absolute Gasteiger partial charge is 0.255 e. The van der Waals surface area contributed by atoms with Gasteiger partial charge in [0.25, 0.3) is 5.91 Å². The maximum Gasteiger partial charge on any atom is 0.255 e. The van der Waals surface area contributed by atoms with Crippen LogP contribution in [-0.4, -0.2) is 61.1 Å². The lowest BCUT2D eigenvalue weighted by Gasteiger charge is -2.33. The molecule has 1 aromatic heterocycles. The molecule has 3 rings (SSSR count). The second-order valence-electron chi connectivity index (χ2n) is 6.56. The number of hydrogen-bond acceptors (Lipinski definition) is 5. The molecule has 136 valence electrons. The molecule has 2 aliphatic heterocycles. The van der Waals surface area contributed by atoms with Crippen molar-refractivity contribution >= 4 is 29.2 Å². The highest BCUT2D eigenvalue weighted by molar-refractivity contribution is 6.33. The monoisotopic (exact) mass is 366 g/mol. The van der Waals surface area contributed by atoms with Gasteiger partial charge in [-0.05, 0) is 24.8 Å². The van der Waals surface area contributed by atoms with Gasteiger partial charge in [-0.25, -0.2) is 4.98 Å². The third-order valence-electron chi connectivity index (χ3n) is 4.68. The number of amides is 2. The number of nitrogens with two attached hydrogens (primary N) is 1. The number of ether oxygens (including phenoxy) is 1. The number of morpholine rings is 1. The molecule has 3 heterocycles. The molecule has 8 heteroatoms. The maximum atomic E-state index is 12.5. The largest absolute Gasteiger partial charge is 0.378 e. The molecule has 0 aromatic carbocycles. The van der Waals surface area contributed by atoms with Crippen LogP contribution < -0.4 is 10.6 Å². The van der Waals surface area contributed by atoms with E-state index in [1.807, 2.05) is 0 Å². The van der Waals surface area contributed by atoms with Gasteiger partial charge in [-0.3, -0.25) is 9.59 Å². The highest BCUT2D eigenvalue weighted by atomic mass is 35.5. The zero-order valence-corrected chi connectivity index (χ0v) is 14.9. The van der Waals surface area contributed by atoms with Crippen LogP contribution in [0.5, 0.6) is 0 Å². The Labute approximate surface area is 152 Å². The van der Waals surface area contributed by atoms with Crippen LogP contribution >= 0.6 is 11.6 Å². The Kier molecular flexibility index (Phi) is 5.75. The minimum atomic E-state index is -0.280. The molecular formula is C17H23ClN4O3. The van der Waals surface area contributed by atoms with Crippen molar-refractivity contribution in [2.24, 2.45) is 11.7 Å². The number of pyridine rings is 1. The fourth-order valence-electron chi connectivity index (χ4n) is 3.44. The van der Waals surface area contributed by atoms with E-state index in [0.29, 0.717) is 55.7 Å². The number of aromatic nitrogens is 1. The molecule has 0 spiro atoms. The zero-order valence-electron chi connectivity index (χ0n) is 14.1. The summed E-state index contributed by atoms with van der Waals surface area (Å²) in [6.07, 6.45) is 3.90. The predicted molar refractivity (Wildman–Crippen MR) is 94.7 cm³/mol. The lowest BCUT2D eigenvalue weighted by Crippen LogP contribution is -2.41. The quantitative estimate of drug-likeness (QED) is 0.867. The molecule has 0 aliphatic carbocycles. The van der Waals surface area contributed by atoms with Crippen LogP contribution in [-0.2, 0) is 9.53 Å². The molecule has 2 N–H and O–H groups in total. The molecule has 2 aliphatic rings. The Morgan fingerprint density at radius 3 is 2.76 bits per heavy atom. The summed E-state index contributed by atoms with van der Waals surface area (Å²) >= 11 is 6.41. The van der Waals surface area contributed by atoms with Crippen molar-refractivity contribution in [1.29, 1.82) is 0 Å². The van der Waals surface area contributed by atoms with Crippen LogP contribution in [0.4, 0.5) is 5.82 Å². The lowest BCUT2D eigenvalue weighted by molar-refractivity contribution is -0.118. The minimum absolute atomic E-state index is 0.0745. The fraction of sp³-hybridized carbons (Fsp3) is 0.588. The summed E-state index contributed by atoms with van der Waals surface area (Å²) < 4.78 is 5.27. The molecule has 1 atom stereocenters. The van der Waals surface area contributed by atoms with Crippen molar-refractivity contribution in [3.63, 3.8) is 0 Å². The number of hydrogen-bond donors (Lipinski definition) is 1. The van der Waals surface area contributed by atoms with Gasteiger partial charge in [0, 0.05) is 38.8 Å². The summed E-state index contributed by atoms with van der Waals surface area (Å²) in [6, 6.07) is 1.68. The number of piperidine rings is 1. The van der Waals surface area contributed by atoms with Crippen molar-refractivity contribution in [2.45, 2.75) is 19.3 Å². The van der Waals surface area contributed by atoms with E-state index in [9.17, 15) is 9.59 Å². The van der Waals surface area contributed by atoms with E-state index < -0.39 is 0 Å². The zero-order chi connectivity index (χ0) is 17.8. The molecule has 1 unspecified atom stereocenters. The predicted octanol–water partition coefficient (Wildman–Crippen LogP) is 1.30. The third-order valence-corrected chi connectivity index (χ3v) is 4.95. The molecule has 25 heavy (non-hydrogen) atoms. The maximum absolute atomic E-state index is 12.5. The summed E-state index contributed by atoms with van der Waals surface area (Å²) in [6.45, 7) is 3.81. The van der Waals surface area contributed by atoms with Gasteiger partial charge in [0.15, 0.2) is 0 Å². The number of nitrogens with zero attached hydrogens (tertiary/aromatic N) is 3. The summed E-state index contributed by atoms with van der Waals surface area (Å²) in [5.74, 6) is 0.528. The molecule has 0 bridgehead atoms. The highest BCUT2D eigenvalue weighted by Gasteiger charge is 2.25. The first-order valence-electron chi connectivity index (χ1n) is 8.60. The standard InChI is InChI=1S/C17H23ClN4O3/c18-14-9-13(17(24)21-4-6-25-7-5-21)10-20-16(14)22-3-1-2-12(11-22)8-15(19)23/h9-10,12H,1-8,11H2,(H2,19,23). The van der Waals surface area contributed by atoms with Gasteiger partial charge in [0.1, 0.15) is 5.82 Å². The van der Waals surface area contributed by atoms with Crippen molar-refractivity contribution in [1.82, 2.24) is 9.88 Å². The number of carbonyl (C=O) groups excluding carboxylic acids is 2. The third kappa shape index (κ3) is 4.41. The van der Waals surface area contributed by atoms with E-state index in [2.05, 4.69) is 9.88 Å². The molecule has 0 saturated carbocycles. The number of carbonyl (C=O) groups is 2. The van der Waals surface area contributed by atoms with Gasteiger partial charge in [0.2, 0.25) is 5.91 Å². The van der Waals surface area contributed by atoms with Crippen LogP contribution in [0, 0.1) is 5.92 Å². The topological polar surface area (TPSA) is 88.8 Å². The van der Waals surface area contributed by atoms with Crippen LogP contribution in [0.25, 0.3) is 0 Å². The highest BCUT2D eigenvalue weighted by Crippen LogP contribution is 2.29. The van der Waals surface area contributed by atoms with Crippen molar-refractivity contribution in [3.05, 3.63) is 22.8 Å². The van der Waals surface area contributed by atoms with E-state index in [-0.39, 0.29) is 17.7 Å². The fourth-order valence-corrected chi connectivity index (χ4v) is 3.72. The first-order valence-corrected chi connectivity index (χ1v) is 8.98.